The standard InChI is InChI=1S/C34H23N7/c1-23-17-19-26(20-18-23)40-22-29-31(37-36-30(33(29)38-40)24-11-5-2-6-12-24)32-28(21-35)34(25-13-7-3-8-14-25)41(39-32)27-15-9-4-10-16-27/h2-20,22H,1H3. The zero-order valence-electron chi connectivity index (χ0n) is 22.2. The summed E-state index contributed by atoms with van der Waals surface area (Å²) in [6.45, 7) is 2.06. The summed E-state index contributed by atoms with van der Waals surface area (Å²) in [6.07, 6.45) is 1.95. The number of aromatic nitrogens is 6. The van der Waals surface area contributed by atoms with Gasteiger partial charge in [-0.05, 0) is 31.2 Å². The van der Waals surface area contributed by atoms with Gasteiger partial charge in [0.2, 0.25) is 0 Å². The molecule has 0 unspecified atom stereocenters. The van der Waals surface area contributed by atoms with Crippen LogP contribution in [-0.4, -0.2) is 29.8 Å². The molecule has 7 heteroatoms. The minimum absolute atomic E-state index is 0.422. The summed E-state index contributed by atoms with van der Waals surface area (Å²) in [5.74, 6) is 0. The Kier molecular flexibility index (Phi) is 5.91. The van der Waals surface area contributed by atoms with Crippen molar-refractivity contribution in [2.75, 3.05) is 0 Å². The Balaban J connectivity index is 1.52. The lowest BCUT2D eigenvalue weighted by Crippen LogP contribution is -1.99. The lowest BCUT2D eigenvalue weighted by atomic mass is 10.0. The summed E-state index contributed by atoms with van der Waals surface area (Å²) >= 11 is 0. The van der Waals surface area contributed by atoms with Crippen molar-refractivity contribution in [1.82, 2.24) is 29.8 Å². The fraction of sp³-hybridized carbons (Fsp3) is 0.0294. The number of aryl methyl sites for hydroxylation is 1. The van der Waals surface area contributed by atoms with Crippen molar-refractivity contribution in [3.63, 3.8) is 0 Å². The molecule has 41 heavy (non-hydrogen) atoms. The Hall–Kier alpha value is -5.87. The van der Waals surface area contributed by atoms with Crippen LogP contribution in [0.2, 0.25) is 0 Å². The van der Waals surface area contributed by atoms with Gasteiger partial charge in [0.15, 0.2) is 0 Å². The Labute approximate surface area is 236 Å². The zero-order chi connectivity index (χ0) is 27.8. The third-order valence-electron chi connectivity index (χ3n) is 7.06. The first-order valence-corrected chi connectivity index (χ1v) is 13.2. The normalized spacial score (nSPS) is 11.0. The summed E-state index contributed by atoms with van der Waals surface area (Å²) in [5.41, 5.74) is 8.13. The van der Waals surface area contributed by atoms with Crippen molar-refractivity contribution in [3.05, 3.63) is 133 Å². The van der Waals surface area contributed by atoms with E-state index in [1.807, 2.05) is 119 Å². The molecule has 0 radical (unpaired) electrons. The highest BCUT2D eigenvalue weighted by Crippen LogP contribution is 2.37. The van der Waals surface area contributed by atoms with Crippen LogP contribution in [-0.2, 0) is 0 Å². The van der Waals surface area contributed by atoms with E-state index in [4.69, 9.17) is 15.3 Å². The average Bonchev–Trinajstić information content (AvgIpc) is 3.65. The smallest absolute Gasteiger partial charge is 0.132 e. The van der Waals surface area contributed by atoms with Gasteiger partial charge >= 0.3 is 0 Å². The zero-order valence-corrected chi connectivity index (χ0v) is 22.2. The van der Waals surface area contributed by atoms with E-state index in [-0.39, 0.29) is 0 Å². The maximum Gasteiger partial charge on any atom is 0.132 e. The maximum absolute atomic E-state index is 10.5. The second-order valence-corrected chi connectivity index (χ2v) is 9.73. The number of hydrogen-bond acceptors (Lipinski definition) is 5. The van der Waals surface area contributed by atoms with Crippen LogP contribution in [0.25, 0.3) is 56.2 Å². The molecule has 0 aliphatic heterocycles. The molecule has 7 aromatic rings. The van der Waals surface area contributed by atoms with Crippen LogP contribution < -0.4 is 0 Å². The second-order valence-electron chi connectivity index (χ2n) is 9.73. The number of rotatable bonds is 5. The third kappa shape index (κ3) is 4.24. The van der Waals surface area contributed by atoms with Crippen molar-refractivity contribution >= 4 is 10.9 Å². The number of para-hydroxylation sites is 1. The van der Waals surface area contributed by atoms with Gasteiger partial charge in [-0.15, -0.1) is 10.2 Å². The molecule has 4 aromatic carbocycles. The second kappa shape index (κ2) is 10.0. The van der Waals surface area contributed by atoms with Crippen LogP contribution in [0.4, 0.5) is 0 Å². The van der Waals surface area contributed by atoms with E-state index in [2.05, 4.69) is 30.2 Å². The fourth-order valence-electron chi connectivity index (χ4n) is 5.03. The van der Waals surface area contributed by atoms with Crippen molar-refractivity contribution < 1.29 is 0 Å². The summed E-state index contributed by atoms with van der Waals surface area (Å²) < 4.78 is 3.65. The lowest BCUT2D eigenvalue weighted by molar-refractivity contribution is 0.887. The minimum Gasteiger partial charge on any atom is -0.240 e. The van der Waals surface area contributed by atoms with E-state index in [0.29, 0.717) is 33.9 Å². The first-order valence-electron chi connectivity index (χ1n) is 13.2. The summed E-state index contributed by atoms with van der Waals surface area (Å²) in [7, 11) is 0. The average molecular weight is 530 g/mol. The SMILES string of the molecule is Cc1ccc(-n2cc3c(-c4nn(-c5ccccc5)c(-c5ccccc5)c4C#N)nnc(-c4ccccc4)c3n2)cc1. The van der Waals surface area contributed by atoms with Crippen molar-refractivity contribution in [2.24, 2.45) is 0 Å². The predicted molar refractivity (Wildman–Crippen MR) is 160 cm³/mol. The lowest BCUT2D eigenvalue weighted by Gasteiger charge is -2.07. The van der Waals surface area contributed by atoms with Crippen molar-refractivity contribution in [3.8, 4) is 51.3 Å². The molecule has 194 valence electrons. The molecule has 0 saturated heterocycles. The molecule has 0 atom stereocenters. The van der Waals surface area contributed by atoms with E-state index in [0.717, 1.165) is 33.5 Å². The van der Waals surface area contributed by atoms with Crippen LogP contribution >= 0.6 is 0 Å². The van der Waals surface area contributed by atoms with Gasteiger partial charge in [0, 0.05) is 17.3 Å². The molecule has 0 amide bonds. The van der Waals surface area contributed by atoms with Crippen LogP contribution in [0.1, 0.15) is 11.1 Å². The van der Waals surface area contributed by atoms with E-state index in [1.165, 1.54) is 0 Å². The molecular weight excluding hydrogens is 506 g/mol. The molecule has 3 heterocycles. The summed E-state index contributed by atoms with van der Waals surface area (Å²) in [6, 6.07) is 40.1. The monoisotopic (exact) mass is 529 g/mol. The van der Waals surface area contributed by atoms with Gasteiger partial charge in [0.05, 0.1) is 22.5 Å². The quantitative estimate of drug-likeness (QED) is 0.236. The van der Waals surface area contributed by atoms with Crippen LogP contribution in [0.15, 0.2) is 121 Å². The summed E-state index contributed by atoms with van der Waals surface area (Å²) in [5, 5.41) is 30.6. The first kappa shape index (κ1) is 24.2. The van der Waals surface area contributed by atoms with Gasteiger partial charge in [-0.25, -0.2) is 9.36 Å². The third-order valence-corrected chi connectivity index (χ3v) is 7.06. The molecule has 0 spiro atoms. The largest absolute Gasteiger partial charge is 0.240 e. The van der Waals surface area contributed by atoms with Gasteiger partial charge in [-0.2, -0.15) is 15.5 Å². The van der Waals surface area contributed by atoms with Gasteiger partial charge in [0.1, 0.15) is 34.2 Å². The van der Waals surface area contributed by atoms with Crippen LogP contribution in [0.5, 0.6) is 0 Å². The maximum atomic E-state index is 10.5. The molecule has 7 rings (SSSR count). The van der Waals surface area contributed by atoms with Crippen molar-refractivity contribution in [1.29, 1.82) is 5.26 Å². The number of nitrogens with zero attached hydrogens (tertiary/aromatic N) is 7. The predicted octanol–water partition coefficient (Wildman–Crippen LogP) is 7.18. The molecular formula is C34H23N7. The highest BCUT2D eigenvalue weighted by molar-refractivity contribution is 6.00. The molecule has 0 fully saturated rings. The molecule has 7 nitrogen and oxygen atoms in total. The Bertz CT molecular complexity index is 2030. The van der Waals surface area contributed by atoms with Gasteiger partial charge in [0.25, 0.3) is 0 Å². The molecule has 0 bridgehead atoms. The number of fused-ring (bicyclic) bond motifs is 1. The first-order chi connectivity index (χ1) is 20.2. The van der Waals surface area contributed by atoms with E-state index in [9.17, 15) is 5.26 Å². The Morgan fingerprint density at radius 3 is 1.88 bits per heavy atom. The van der Waals surface area contributed by atoms with Crippen LogP contribution in [0.3, 0.4) is 0 Å². The molecule has 0 N–H and O–H groups in total. The summed E-state index contributed by atoms with van der Waals surface area (Å²) in [4.78, 5) is 0. The Morgan fingerprint density at radius 2 is 1.22 bits per heavy atom. The van der Waals surface area contributed by atoms with Gasteiger partial charge < -0.3 is 0 Å². The van der Waals surface area contributed by atoms with Gasteiger partial charge in [-0.3, -0.25) is 0 Å². The van der Waals surface area contributed by atoms with Crippen LogP contribution in [0, 0.1) is 18.3 Å². The fourth-order valence-corrected chi connectivity index (χ4v) is 5.03. The Morgan fingerprint density at radius 1 is 0.610 bits per heavy atom. The highest BCUT2D eigenvalue weighted by atomic mass is 15.3. The molecule has 0 aliphatic rings. The van der Waals surface area contributed by atoms with Gasteiger partial charge in [-0.1, -0.05) is 96.6 Å². The van der Waals surface area contributed by atoms with E-state index < -0.39 is 0 Å². The molecule has 3 aromatic heterocycles. The number of hydrogen-bond donors (Lipinski definition) is 0. The minimum atomic E-state index is 0.422. The topological polar surface area (TPSA) is 85.2 Å². The van der Waals surface area contributed by atoms with E-state index in [1.54, 1.807) is 0 Å². The molecule has 0 saturated carbocycles. The number of nitriles is 1. The number of benzene rings is 4. The van der Waals surface area contributed by atoms with E-state index >= 15 is 0 Å². The molecule has 0 aliphatic carbocycles. The van der Waals surface area contributed by atoms with Crippen molar-refractivity contribution in [2.45, 2.75) is 6.92 Å². The highest BCUT2D eigenvalue weighted by Gasteiger charge is 2.26.